The maximum Gasteiger partial charge on any atom is 0.269 e. The van der Waals surface area contributed by atoms with E-state index in [2.05, 4.69) is 26.2 Å². The Hall–Kier alpha value is -3.20. The van der Waals surface area contributed by atoms with Crippen LogP contribution >= 0.6 is 11.8 Å². The zero-order valence-electron chi connectivity index (χ0n) is 14.5. The first kappa shape index (κ1) is 17.2. The average molecular weight is 381 g/mol. The van der Waals surface area contributed by atoms with Gasteiger partial charge in [-0.3, -0.25) is 10.1 Å². The van der Waals surface area contributed by atoms with Crippen LogP contribution < -0.4 is 0 Å². The van der Waals surface area contributed by atoms with Gasteiger partial charge in [0.2, 0.25) is 11.8 Å². The first-order valence-corrected chi connectivity index (χ1v) is 9.09. The molecule has 136 valence electrons. The molecule has 1 atom stereocenters. The third kappa shape index (κ3) is 3.54. The molecule has 0 fully saturated rings. The van der Waals surface area contributed by atoms with Gasteiger partial charge in [0.25, 0.3) is 5.69 Å². The van der Waals surface area contributed by atoms with E-state index in [-0.39, 0.29) is 10.9 Å². The van der Waals surface area contributed by atoms with Crippen LogP contribution in [-0.4, -0.2) is 25.1 Å². The van der Waals surface area contributed by atoms with Gasteiger partial charge in [0.1, 0.15) is 0 Å². The molecule has 1 N–H and O–H groups in total. The van der Waals surface area contributed by atoms with Gasteiger partial charge < -0.3 is 9.40 Å². The highest BCUT2D eigenvalue weighted by molar-refractivity contribution is 7.99. The van der Waals surface area contributed by atoms with Gasteiger partial charge >= 0.3 is 0 Å². The lowest BCUT2D eigenvalue weighted by Crippen LogP contribution is -1.89. The van der Waals surface area contributed by atoms with E-state index in [1.807, 2.05) is 26.0 Å². The number of thioether (sulfide) groups is 1. The predicted octanol–water partition coefficient (Wildman–Crippen LogP) is 4.68. The second-order valence-corrected chi connectivity index (χ2v) is 7.40. The Labute approximate surface area is 158 Å². The summed E-state index contributed by atoms with van der Waals surface area (Å²) in [6.45, 7) is 3.99. The molecule has 9 heteroatoms. The fourth-order valence-corrected chi connectivity index (χ4v) is 3.47. The minimum Gasteiger partial charge on any atom is -0.419 e. The van der Waals surface area contributed by atoms with Crippen LogP contribution in [0.3, 0.4) is 0 Å². The molecule has 4 rings (SSSR count). The maximum absolute atomic E-state index is 10.7. The number of hydrogen-bond donors (Lipinski definition) is 1. The van der Waals surface area contributed by atoms with Crippen molar-refractivity contribution in [2.45, 2.75) is 24.3 Å². The SMILES string of the molecule is Cc1ccc2nc(S[C@@H](C)c3nnc(-c4ccc([N+](=O)[O-])cc4)o3)[nH]c2c1. The Balaban J connectivity index is 1.52. The lowest BCUT2D eigenvalue weighted by Gasteiger charge is -2.03. The molecule has 0 saturated heterocycles. The number of hydrogen-bond acceptors (Lipinski definition) is 7. The zero-order valence-corrected chi connectivity index (χ0v) is 15.4. The van der Waals surface area contributed by atoms with Crippen molar-refractivity contribution in [3.05, 3.63) is 64.0 Å². The van der Waals surface area contributed by atoms with Gasteiger partial charge in [-0.2, -0.15) is 0 Å². The predicted molar refractivity (Wildman–Crippen MR) is 101 cm³/mol. The third-order valence-corrected chi connectivity index (χ3v) is 4.99. The number of H-pyrrole nitrogens is 1. The Morgan fingerprint density at radius 1 is 1.19 bits per heavy atom. The Morgan fingerprint density at radius 3 is 2.70 bits per heavy atom. The van der Waals surface area contributed by atoms with Crippen molar-refractivity contribution >= 4 is 28.5 Å². The molecule has 2 aromatic carbocycles. The van der Waals surface area contributed by atoms with Crippen molar-refractivity contribution in [1.29, 1.82) is 0 Å². The fourth-order valence-electron chi connectivity index (χ4n) is 2.61. The standard InChI is InChI=1S/C18H15N5O3S/c1-10-3-8-14-15(9-10)20-18(19-14)27-11(2)16-21-22-17(26-16)12-4-6-13(7-5-12)23(24)25/h3-9,11H,1-2H3,(H,19,20)/t11-/m0/s1. The molecule has 2 aromatic heterocycles. The van der Waals surface area contributed by atoms with Crippen LogP contribution in [0.1, 0.15) is 23.6 Å². The van der Waals surface area contributed by atoms with Crippen molar-refractivity contribution in [2.24, 2.45) is 0 Å². The van der Waals surface area contributed by atoms with Gasteiger partial charge in [0, 0.05) is 17.7 Å². The number of fused-ring (bicyclic) bond motifs is 1. The number of non-ortho nitro benzene ring substituents is 1. The van der Waals surface area contributed by atoms with E-state index in [1.54, 1.807) is 12.1 Å². The van der Waals surface area contributed by atoms with E-state index < -0.39 is 4.92 Å². The summed E-state index contributed by atoms with van der Waals surface area (Å²) in [5, 5.41) is 19.6. The van der Waals surface area contributed by atoms with Crippen LogP contribution in [0.15, 0.2) is 52.0 Å². The van der Waals surface area contributed by atoms with Crippen LogP contribution in [0.25, 0.3) is 22.5 Å². The molecule has 0 bridgehead atoms. The number of aromatic nitrogens is 4. The Bertz CT molecular complexity index is 1120. The van der Waals surface area contributed by atoms with Gasteiger partial charge in [-0.1, -0.05) is 17.8 Å². The number of imidazole rings is 1. The lowest BCUT2D eigenvalue weighted by atomic mass is 10.2. The monoisotopic (exact) mass is 381 g/mol. The summed E-state index contributed by atoms with van der Waals surface area (Å²) < 4.78 is 5.74. The van der Waals surface area contributed by atoms with Gasteiger partial charge in [-0.05, 0) is 43.7 Å². The third-order valence-electron chi connectivity index (χ3n) is 4.02. The molecule has 2 heterocycles. The van der Waals surface area contributed by atoms with Crippen LogP contribution in [0.2, 0.25) is 0 Å². The number of nitrogens with one attached hydrogen (secondary N) is 1. The molecular formula is C18H15N5O3S. The van der Waals surface area contributed by atoms with Gasteiger partial charge in [0.05, 0.1) is 21.2 Å². The molecule has 0 aliphatic heterocycles. The second-order valence-electron chi connectivity index (χ2n) is 6.07. The van der Waals surface area contributed by atoms with Crippen molar-refractivity contribution in [1.82, 2.24) is 20.2 Å². The Kier molecular flexibility index (Phi) is 4.36. The molecule has 0 aliphatic rings. The quantitative estimate of drug-likeness (QED) is 0.303. The normalized spacial score (nSPS) is 12.4. The molecule has 0 spiro atoms. The van der Waals surface area contributed by atoms with Crippen molar-refractivity contribution in [2.75, 3.05) is 0 Å². The second kappa shape index (κ2) is 6.84. The topological polar surface area (TPSA) is 111 Å². The van der Waals surface area contributed by atoms with E-state index in [0.29, 0.717) is 17.3 Å². The summed E-state index contributed by atoms with van der Waals surface area (Å²) in [6, 6.07) is 12.1. The largest absolute Gasteiger partial charge is 0.419 e. The van der Waals surface area contributed by atoms with Crippen LogP contribution in [0.4, 0.5) is 5.69 Å². The van der Waals surface area contributed by atoms with E-state index in [4.69, 9.17) is 4.42 Å². The van der Waals surface area contributed by atoms with Crippen molar-refractivity contribution in [3.8, 4) is 11.5 Å². The highest BCUT2D eigenvalue weighted by atomic mass is 32.2. The number of nitrogens with zero attached hydrogens (tertiary/aromatic N) is 4. The number of aromatic amines is 1. The number of aryl methyl sites for hydroxylation is 1. The summed E-state index contributed by atoms with van der Waals surface area (Å²) in [5.74, 6) is 0.789. The number of benzene rings is 2. The van der Waals surface area contributed by atoms with Gasteiger partial charge in [-0.15, -0.1) is 10.2 Å². The van der Waals surface area contributed by atoms with Crippen molar-refractivity contribution in [3.63, 3.8) is 0 Å². The van der Waals surface area contributed by atoms with E-state index in [0.717, 1.165) is 16.2 Å². The van der Waals surface area contributed by atoms with E-state index in [1.165, 1.54) is 29.5 Å². The van der Waals surface area contributed by atoms with Gasteiger partial charge in [-0.25, -0.2) is 4.98 Å². The number of nitro benzene ring substituents is 1. The molecule has 27 heavy (non-hydrogen) atoms. The number of rotatable bonds is 5. The fraction of sp³-hybridized carbons (Fsp3) is 0.167. The highest BCUT2D eigenvalue weighted by Gasteiger charge is 2.18. The lowest BCUT2D eigenvalue weighted by molar-refractivity contribution is -0.384. The summed E-state index contributed by atoms with van der Waals surface area (Å²) in [7, 11) is 0. The van der Waals surface area contributed by atoms with E-state index in [9.17, 15) is 10.1 Å². The van der Waals surface area contributed by atoms with Crippen LogP contribution in [-0.2, 0) is 0 Å². The molecule has 0 unspecified atom stereocenters. The van der Waals surface area contributed by atoms with Crippen LogP contribution in [0.5, 0.6) is 0 Å². The Morgan fingerprint density at radius 2 is 1.96 bits per heavy atom. The number of nitro groups is 1. The molecule has 0 aliphatic carbocycles. The summed E-state index contributed by atoms with van der Waals surface area (Å²) >= 11 is 1.49. The zero-order chi connectivity index (χ0) is 19.0. The summed E-state index contributed by atoms with van der Waals surface area (Å²) in [5.41, 5.74) is 3.72. The minimum atomic E-state index is -0.448. The molecule has 0 saturated carbocycles. The first-order chi connectivity index (χ1) is 13.0. The molecule has 8 nitrogen and oxygen atoms in total. The summed E-state index contributed by atoms with van der Waals surface area (Å²) in [4.78, 5) is 18.1. The highest BCUT2D eigenvalue weighted by Crippen LogP contribution is 2.34. The van der Waals surface area contributed by atoms with Crippen LogP contribution in [0, 0.1) is 17.0 Å². The van der Waals surface area contributed by atoms with E-state index >= 15 is 0 Å². The molecule has 0 radical (unpaired) electrons. The van der Waals surface area contributed by atoms with Crippen molar-refractivity contribution < 1.29 is 9.34 Å². The average Bonchev–Trinajstić information content (AvgIpc) is 3.28. The molecular weight excluding hydrogens is 366 g/mol. The van der Waals surface area contributed by atoms with Gasteiger partial charge in [0.15, 0.2) is 5.16 Å². The molecule has 0 amide bonds. The molecule has 4 aromatic rings. The maximum atomic E-state index is 10.7. The smallest absolute Gasteiger partial charge is 0.269 e. The first-order valence-electron chi connectivity index (χ1n) is 8.21. The minimum absolute atomic E-state index is 0.0162. The summed E-state index contributed by atoms with van der Waals surface area (Å²) in [6.07, 6.45) is 0.